The Hall–Kier alpha value is -2.96. The van der Waals surface area contributed by atoms with Crippen molar-refractivity contribution >= 4 is 34.8 Å². The molecule has 0 spiro atoms. The molecule has 0 bridgehead atoms. The van der Waals surface area contributed by atoms with Gasteiger partial charge in [0.15, 0.2) is 11.6 Å². The Bertz CT molecular complexity index is 1260. The average molecular weight is 617 g/mol. The SMILES string of the molecule is O=C(Nc1ccc(Cl)cc1N1CCN(CCC(F)(F)F)CC1)c1ccc(CNC(=O)C2CCC(CO)CC2)c(F)c1F. The number of nitrogens with zero attached hydrogens (tertiary/aromatic N) is 2. The smallest absolute Gasteiger partial charge is 0.390 e. The first kappa shape index (κ1) is 32.0. The van der Waals surface area contributed by atoms with Gasteiger partial charge < -0.3 is 20.6 Å². The molecule has 2 fully saturated rings. The van der Waals surface area contributed by atoms with Crippen molar-refractivity contribution in [3.05, 3.63) is 58.1 Å². The van der Waals surface area contributed by atoms with E-state index >= 15 is 4.39 Å². The van der Waals surface area contributed by atoms with Gasteiger partial charge in [-0.25, -0.2) is 8.78 Å². The van der Waals surface area contributed by atoms with E-state index in [1.807, 2.05) is 4.90 Å². The zero-order valence-corrected chi connectivity index (χ0v) is 23.7. The van der Waals surface area contributed by atoms with Crippen molar-refractivity contribution < 1.29 is 36.6 Å². The molecule has 0 aromatic heterocycles. The van der Waals surface area contributed by atoms with Gasteiger partial charge in [-0.2, -0.15) is 13.2 Å². The van der Waals surface area contributed by atoms with Gasteiger partial charge in [-0.05, 0) is 55.9 Å². The van der Waals surface area contributed by atoms with E-state index < -0.39 is 35.7 Å². The lowest BCUT2D eigenvalue weighted by atomic mass is 9.82. The second-order valence-electron chi connectivity index (χ2n) is 10.8. The fourth-order valence-electron chi connectivity index (χ4n) is 5.39. The molecule has 4 rings (SSSR count). The van der Waals surface area contributed by atoms with Crippen LogP contribution in [0.3, 0.4) is 0 Å². The second kappa shape index (κ2) is 14.0. The zero-order chi connectivity index (χ0) is 30.4. The highest BCUT2D eigenvalue weighted by Crippen LogP contribution is 2.32. The maximum Gasteiger partial charge on any atom is 0.390 e. The van der Waals surface area contributed by atoms with Crippen molar-refractivity contribution in [2.75, 3.05) is 49.5 Å². The van der Waals surface area contributed by atoms with Crippen LogP contribution in [0.4, 0.5) is 33.3 Å². The van der Waals surface area contributed by atoms with E-state index in [1.165, 1.54) is 18.2 Å². The molecule has 2 aromatic carbocycles. The summed E-state index contributed by atoms with van der Waals surface area (Å²) in [6.45, 7) is 1.26. The number of hydrogen-bond donors (Lipinski definition) is 3. The van der Waals surface area contributed by atoms with E-state index in [-0.39, 0.29) is 43.0 Å². The fourth-order valence-corrected chi connectivity index (χ4v) is 5.56. The predicted molar refractivity (Wildman–Crippen MR) is 149 cm³/mol. The van der Waals surface area contributed by atoms with E-state index in [0.717, 1.165) is 18.9 Å². The predicted octanol–water partition coefficient (Wildman–Crippen LogP) is 5.36. The Kier molecular flexibility index (Phi) is 10.7. The summed E-state index contributed by atoms with van der Waals surface area (Å²) >= 11 is 6.17. The minimum absolute atomic E-state index is 0.0867. The van der Waals surface area contributed by atoms with Crippen LogP contribution in [0.15, 0.2) is 30.3 Å². The summed E-state index contributed by atoms with van der Waals surface area (Å²) in [4.78, 5) is 29.1. The summed E-state index contributed by atoms with van der Waals surface area (Å²) in [5.74, 6) is -3.80. The first-order chi connectivity index (χ1) is 19.9. The first-order valence-electron chi connectivity index (χ1n) is 14.0. The lowest BCUT2D eigenvalue weighted by Gasteiger charge is -2.37. The Morgan fingerprint density at radius 1 is 0.976 bits per heavy atom. The molecule has 42 heavy (non-hydrogen) atoms. The maximum atomic E-state index is 15.0. The van der Waals surface area contributed by atoms with Crippen LogP contribution in [0.5, 0.6) is 0 Å². The lowest BCUT2D eigenvalue weighted by Crippen LogP contribution is -2.47. The van der Waals surface area contributed by atoms with Gasteiger partial charge >= 0.3 is 6.18 Å². The molecule has 0 atom stereocenters. The molecule has 3 N–H and O–H groups in total. The number of benzene rings is 2. The fraction of sp³-hybridized carbons (Fsp3) is 0.517. The van der Waals surface area contributed by atoms with Crippen LogP contribution in [-0.2, 0) is 11.3 Å². The Morgan fingerprint density at radius 2 is 1.67 bits per heavy atom. The molecule has 230 valence electrons. The molecule has 0 unspecified atom stereocenters. The van der Waals surface area contributed by atoms with Gasteiger partial charge in [0, 0.05) is 62.4 Å². The van der Waals surface area contributed by atoms with E-state index in [0.29, 0.717) is 55.4 Å². The summed E-state index contributed by atoms with van der Waals surface area (Å²) < 4.78 is 67.7. The highest BCUT2D eigenvalue weighted by atomic mass is 35.5. The normalized spacial score (nSPS) is 19.9. The standard InChI is InChI=1S/C29H34ClF5N4O3/c30-21-6-8-23(24(15-21)39-13-11-38(12-14-39)10-9-29(33,34)35)37-28(42)22-7-5-20(25(31)26(22)32)16-36-27(41)19-3-1-18(17-40)2-4-19/h5-8,15,18-19,40H,1-4,9-14,16-17H2,(H,36,41)(H,37,42). The molecule has 2 aromatic rings. The van der Waals surface area contributed by atoms with Crippen molar-refractivity contribution in [1.82, 2.24) is 10.2 Å². The van der Waals surface area contributed by atoms with Gasteiger partial charge in [-0.3, -0.25) is 14.5 Å². The highest BCUT2D eigenvalue weighted by molar-refractivity contribution is 6.31. The summed E-state index contributed by atoms with van der Waals surface area (Å²) in [6, 6.07) is 7.05. The molecular weight excluding hydrogens is 583 g/mol. The van der Waals surface area contributed by atoms with Gasteiger partial charge in [0.25, 0.3) is 5.91 Å². The number of piperazine rings is 1. The minimum Gasteiger partial charge on any atom is -0.396 e. The monoisotopic (exact) mass is 616 g/mol. The molecule has 1 aliphatic heterocycles. The molecule has 2 aliphatic rings. The number of aliphatic hydroxyl groups is 1. The zero-order valence-electron chi connectivity index (χ0n) is 23.0. The number of aliphatic hydroxyl groups excluding tert-OH is 1. The van der Waals surface area contributed by atoms with Gasteiger partial charge in [-0.1, -0.05) is 17.7 Å². The van der Waals surface area contributed by atoms with Gasteiger partial charge in [-0.15, -0.1) is 0 Å². The number of amides is 2. The van der Waals surface area contributed by atoms with Crippen LogP contribution in [0.2, 0.25) is 5.02 Å². The third kappa shape index (κ3) is 8.32. The first-order valence-corrected chi connectivity index (χ1v) is 14.3. The third-order valence-corrected chi connectivity index (χ3v) is 8.20. The number of nitrogens with one attached hydrogen (secondary N) is 2. The minimum atomic E-state index is -4.23. The van der Waals surface area contributed by atoms with Crippen LogP contribution in [0.25, 0.3) is 0 Å². The average Bonchev–Trinajstić information content (AvgIpc) is 2.97. The topological polar surface area (TPSA) is 84.9 Å². The Labute approximate surface area is 246 Å². The van der Waals surface area contributed by atoms with Gasteiger partial charge in [0.1, 0.15) is 0 Å². The van der Waals surface area contributed by atoms with Crippen molar-refractivity contribution in [2.24, 2.45) is 11.8 Å². The van der Waals surface area contributed by atoms with E-state index in [2.05, 4.69) is 10.6 Å². The molecule has 2 amide bonds. The van der Waals surface area contributed by atoms with Crippen molar-refractivity contribution in [3.63, 3.8) is 0 Å². The van der Waals surface area contributed by atoms with E-state index in [4.69, 9.17) is 11.6 Å². The number of anilines is 2. The number of halogens is 6. The lowest BCUT2D eigenvalue weighted by molar-refractivity contribution is -0.138. The van der Waals surface area contributed by atoms with E-state index in [1.54, 1.807) is 11.0 Å². The van der Waals surface area contributed by atoms with E-state index in [9.17, 15) is 32.3 Å². The molecular formula is C29H34ClF5N4O3. The number of alkyl halides is 3. The summed E-state index contributed by atoms with van der Waals surface area (Å²) in [6.07, 6.45) is -2.43. The Balaban J connectivity index is 1.38. The van der Waals surface area contributed by atoms with Crippen LogP contribution < -0.4 is 15.5 Å². The molecule has 13 heteroatoms. The largest absolute Gasteiger partial charge is 0.396 e. The summed E-state index contributed by atoms with van der Waals surface area (Å²) in [5.41, 5.74) is 0.180. The molecule has 1 saturated carbocycles. The second-order valence-corrected chi connectivity index (χ2v) is 11.3. The number of hydrogen-bond acceptors (Lipinski definition) is 5. The molecule has 1 aliphatic carbocycles. The van der Waals surface area contributed by atoms with Gasteiger partial charge in [0.2, 0.25) is 5.91 Å². The Morgan fingerprint density at radius 3 is 2.31 bits per heavy atom. The molecule has 1 saturated heterocycles. The molecule has 1 heterocycles. The maximum absolute atomic E-state index is 15.0. The number of rotatable bonds is 9. The molecule has 7 nitrogen and oxygen atoms in total. The van der Waals surface area contributed by atoms with Crippen LogP contribution in [-0.4, -0.2) is 67.3 Å². The quantitative estimate of drug-likeness (QED) is 0.331. The number of carbonyl (C=O) groups is 2. The number of carbonyl (C=O) groups excluding carboxylic acids is 2. The van der Waals surface area contributed by atoms with Crippen molar-refractivity contribution in [1.29, 1.82) is 0 Å². The van der Waals surface area contributed by atoms with Crippen LogP contribution in [0.1, 0.15) is 48.0 Å². The summed E-state index contributed by atoms with van der Waals surface area (Å²) in [5, 5.41) is 14.9. The van der Waals surface area contributed by atoms with Crippen molar-refractivity contribution in [3.8, 4) is 0 Å². The third-order valence-electron chi connectivity index (χ3n) is 7.97. The molecule has 0 radical (unpaired) electrons. The van der Waals surface area contributed by atoms with Crippen LogP contribution >= 0.6 is 11.6 Å². The highest BCUT2D eigenvalue weighted by Gasteiger charge is 2.30. The summed E-state index contributed by atoms with van der Waals surface area (Å²) in [7, 11) is 0. The van der Waals surface area contributed by atoms with Crippen molar-refractivity contribution in [2.45, 2.75) is 44.8 Å². The van der Waals surface area contributed by atoms with Crippen LogP contribution in [0, 0.1) is 23.5 Å². The van der Waals surface area contributed by atoms with Gasteiger partial charge in [0.05, 0.1) is 23.4 Å².